The Balaban J connectivity index is 2.09. The van der Waals surface area contributed by atoms with Crippen molar-refractivity contribution in [3.05, 3.63) is 51.9 Å². The van der Waals surface area contributed by atoms with Gasteiger partial charge in [0.15, 0.2) is 5.15 Å². The third kappa shape index (κ3) is 4.87. The number of aromatic nitrogens is 2. The van der Waals surface area contributed by atoms with Gasteiger partial charge in [-0.05, 0) is 31.5 Å². The van der Waals surface area contributed by atoms with Crippen LogP contribution in [0, 0.1) is 13.8 Å². The van der Waals surface area contributed by atoms with Gasteiger partial charge in [0.2, 0.25) is 6.41 Å². The van der Waals surface area contributed by atoms with Gasteiger partial charge in [-0.1, -0.05) is 35.3 Å². The Morgan fingerprint density at radius 2 is 2.06 bits per heavy atom. The molecule has 0 bridgehead atoms. The van der Waals surface area contributed by atoms with Gasteiger partial charge in [-0.3, -0.25) is 14.7 Å². The topological polar surface area (TPSA) is 96.5 Å². The SMILES string of the molecule is COCCNC(=O)Nc1c(C)cnc2c(N(C=O)c3c(Cl)cc(C)nc3Cl)cccc12. The molecule has 0 saturated heterocycles. The fourth-order valence-electron chi connectivity index (χ4n) is 3.13. The van der Waals surface area contributed by atoms with Gasteiger partial charge in [-0.2, -0.15) is 0 Å². The first-order chi connectivity index (χ1) is 14.9. The first kappa shape index (κ1) is 22.7. The van der Waals surface area contributed by atoms with Gasteiger partial charge < -0.3 is 15.4 Å². The summed E-state index contributed by atoms with van der Waals surface area (Å²) < 4.78 is 4.94. The molecule has 3 aromatic rings. The predicted molar refractivity (Wildman–Crippen MR) is 123 cm³/mol. The van der Waals surface area contributed by atoms with E-state index in [9.17, 15) is 9.59 Å². The summed E-state index contributed by atoms with van der Waals surface area (Å²) in [6.45, 7) is 4.35. The van der Waals surface area contributed by atoms with Gasteiger partial charge in [0.05, 0.1) is 28.5 Å². The van der Waals surface area contributed by atoms with Crippen LogP contribution in [0.25, 0.3) is 10.9 Å². The zero-order chi connectivity index (χ0) is 22.5. The van der Waals surface area contributed by atoms with Gasteiger partial charge in [0.25, 0.3) is 0 Å². The van der Waals surface area contributed by atoms with E-state index >= 15 is 0 Å². The van der Waals surface area contributed by atoms with Crippen LogP contribution in [0.3, 0.4) is 0 Å². The number of ether oxygens (including phenoxy) is 1. The standard InChI is InChI=1S/C21H21Cl2N5O3/c1-12-10-25-18-14(17(12)27-21(30)24-7-8-31-3)5-4-6-16(18)28(11-29)19-15(22)9-13(2)26-20(19)23/h4-6,9-11H,7-8H2,1-3H3,(H2,24,25,27,30). The smallest absolute Gasteiger partial charge is 0.319 e. The average Bonchev–Trinajstić information content (AvgIpc) is 2.72. The Bertz CT molecular complexity index is 1120. The Morgan fingerprint density at radius 1 is 1.29 bits per heavy atom. The molecular formula is C21H21Cl2N5O3. The number of amides is 3. The normalized spacial score (nSPS) is 10.7. The number of hydrogen-bond donors (Lipinski definition) is 2. The van der Waals surface area contributed by atoms with Gasteiger partial charge in [0, 0.05) is 30.9 Å². The highest BCUT2D eigenvalue weighted by molar-refractivity contribution is 6.39. The maximum atomic E-state index is 12.3. The summed E-state index contributed by atoms with van der Waals surface area (Å²) >= 11 is 12.7. The van der Waals surface area contributed by atoms with Crippen molar-refractivity contribution in [1.82, 2.24) is 15.3 Å². The number of hydrogen-bond acceptors (Lipinski definition) is 5. The third-order valence-corrected chi connectivity index (χ3v) is 5.09. The van der Waals surface area contributed by atoms with Crippen molar-refractivity contribution in [2.24, 2.45) is 0 Å². The van der Waals surface area contributed by atoms with E-state index in [0.29, 0.717) is 47.5 Å². The maximum Gasteiger partial charge on any atom is 0.319 e. The quantitative estimate of drug-likeness (QED) is 0.304. The molecule has 0 spiro atoms. The Kier molecular flexibility index (Phi) is 7.27. The molecule has 0 atom stereocenters. The third-order valence-electron chi connectivity index (χ3n) is 4.53. The number of halogens is 2. The predicted octanol–water partition coefficient (Wildman–Crippen LogP) is 4.62. The molecule has 8 nitrogen and oxygen atoms in total. The van der Waals surface area contributed by atoms with Gasteiger partial charge >= 0.3 is 6.03 Å². The summed E-state index contributed by atoms with van der Waals surface area (Å²) in [4.78, 5) is 34.4. The molecule has 2 N–H and O–H groups in total. The number of carbonyl (C=O) groups is 2. The highest BCUT2D eigenvalue weighted by Gasteiger charge is 2.21. The van der Waals surface area contributed by atoms with Crippen LogP contribution in [0.5, 0.6) is 0 Å². The number of nitrogens with one attached hydrogen (secondary N) is 2. The van der Waals surface area contributed by atoms with Crippen LogP contribution in [0.15, 0.2) is 30.5 Å². The van der Waals surface area contributed by atoms with E-state index in [2.05, 4.69) is 20.6 Å². The van der Waals surface area contributed by atoms with E-state index in [-0.39, 0.29) is 21.9 Å². The van der Waals surface area contributed by atoms with Gasteiger partial charge in [-0.25, -0.2) is 9.78 Å². The maximum absolute atomic E-state index is 12.3. The van der Waals surface area contributed by atoms with Crippen molar-refractivity contribution in [2.75, 3.05) is 30.5 Å². The molecule has 0 radical (unpaired) electrons. The Morgan fingerprint density at radius 3 is 2.74 bits per heavy atom. The van der Waals surface area contributed by atoms with Crippen LogP contribution in [0.1, 0.15) is 11.3 Å². The number of urea groups is 1. The first-order valence-electron chi connectivity index (χ1n) is 9.36. The second kappa shape index (κ2) is 9.91. The number of carbonyl (C=O) groups excluding carboxylic acids is 2. The van der Waals surface area contributed by atoms with E-state index in [1.165, 1.54) is 4.90 Å². The van der Waals surface area contributed by atoms with E-state index in [1.807, 2.05) is 13.0 Å². The van der Waals surface area contributed by atoms with Crippen molar-refractivity contribution in [3.8, 4) is 0 Å². The molecule has 0 aliphatic heterocycles. The zero-order valence-electron chi connectivity index (χ0n) is 17.2. The molecule has 0 unspecified atom stereocenters. The summed E-state index contributed by atoms with van der Waals surface area (Å²) in [5, 5.41) is 6.59. The number of para-hydroxylation sites is 1. The van der Waals surface area contributed by atoms with E-state index < -0.39 is 0 Å². The minimum absolute atomic E-state index is 0.0945. The minimum Gasteiger partial charge on any atom is -0.383 e. The summed E-state index contributed by atoms with van der Waals surface area (Å²) in [7, 11) is 1.56. The molecule has 0 saturated carbocycles. The van der Waals surface area contributed by atoms with Crippen LogP contribution < -0.4 is 15.5 Å². The van der Waals surface area contributed by atoms with Crippen LogP contribution in [-0.4, -0.2) is 42.7 Å². The molecule has 162 valence electrons. The fraction of sp³-hybridized carbons (Fsp3) is 0.238. The highest BCUT2D eigenvalue weighted by atomic mass is 35.5. The molecule has 31 heavy (non-hydrogen) atoms. The summed E-state index contributed by atoms with van der Waals surface area (Å²) in [6, 6.07) is 6.53. The molecule has 3 amide bonds. The van der Waals surface area contributed by atoms with Crippen molar-refractivity contribution < 1.29 is 14.3 Å². The number of aryl methyl sites for hydroxylation is 2. The number of methoxy groups -OCH3 is 1. The molecule has 0 aliphatic carbocycles. The highest BCUT2D eigenvalue weighted by Crippen LogP contribution is 2.40. The van der Waals surface area contributed by atoms with Gasteiger partial charge in [0.1, 0.15) is 5.69 Å². The molecular weight excluding hydrogens is 441 g/mol. The first-order valence-corrected chi connectivity index (χ1v) is 10.1. The molecule has 0 fully saturated rings. The number of benzene rings is 1. The minimum atomic E-state index is -0.376. The van der Waals surface area contributed by atoms with E-state index in [4.69, 9.17) is 27.9 Å². The lowest BCUT2D eigenvalue weighted by molar-refractivity contribution is -0.106. The van der Waals surface area contributed by atoms with E-state index in [0.717, 1.165) is 5.56 Å². The number of nitrogens with zero attached hydrogens (tertiary/aromatic N) is 3. The molecule has 2 heterocycles. The van der Waals surface area contributed by atoms with Crippen molar-refractivity contribution in [2.45, 2.75) is 13.8 Å². The summed E-state index contributed by atoms with van der Waals surface area (Å²) in [6.07, 6.45) is 2.22. The lowest BCUT2D eigenvalue weighted by Crippen LogP contribution is -2.31. The number of fused-ring (bicyclic) bond motifs is 1. The Labute approximate surface area is 189 Å². The molecule has 10 heteroatoms. The average molecular weight is 462 g/mol. The lowest BCUT2D eigenvalue weighted by Gasteiger charge is -2.22. The second-order valence-electron chi connectivity index (χ2n) is 6.72. The van der Waals surface area contributed by atoms with Crippen molar-refractivity contribution in [3.63, 3.8) is 0 Å². The van der Waals surface area contributed by atoms with Crippen LogP contribution in [0.4, 0.5) is 21.9 Å². The largest absolute Gasteiger partial charge is 0.383 e. The Hall–Kier alpha value is -2.94. The number of anilines is 3. The lowest BCUT2D eigenvalue weighted by atomic mass is 10.1. The molecule has 0 aliphatic rings. The van der Waals surface area contributed by atoms with Crippen LogP contribution in [-0.2, 0) is 9.53 Å². The van der Waals surface area contributed by atoms with E-state index in [1.54, 1.807) is 38.4 Å². The monoisotopic (exact) mass is 461 g/mol. The summed E-state index contributed by atoms with van der Waals surface area (Å²) in [5.41, 5.74) is 3.15. The second-order valence-corrected chi connectivity index (χ2v) is 7.49. The molecule has 2 aromatic heterocycles. The van der Waals surface area contributed by atoms with Crippen LogP contribution >= 0.6 is 23.2 Å². The van der Waals surface area contributed by atoms with Crippen molar-refractivity contribution in [1.29, 1.82) is 0 Å². The van der Waals surface area contributed by atoms with Crippen LogP contribution in [0.2, 0.25) is 10.2 Å². The molecule has 3 rings (SSSR count). The fourth-order valence-corrected chi connectivity index (χ4v) is 3.84. The number of rotatable bonds is 7. The molecule has 1 aromatic carbocycles. The summed E-state index contributed by atoms with van der Waals surface area (Å²) in [5.74, 6) is 0. The van der Waals surface area contributed by atoms with Crippen molar-refractivity contribution >= 4 is 63.6 Å². The number of pyridine rings is 2. The van der Waals surface area contributed by atoms with Gasteiger partial charge in [-0.15, -0.1) is 0 Å². The zero-order valence-corrected chi connectivity index (χ0v) is 18.7.